The fourth-order valence-corrected chi connectivity index (χ4v) is 19.1. The summed E-state index contributed by atoms with van der Waals surface area (Å²) < 4.78 is 131. The Morgan fingerprint density at radius 3 is 0.946 bits per heavy atom. The number of hydrogen-bond donors (Lipinski definition) is 5. The number of ether oxygens (including phenoxy) is 9. The van der Waals surface area contributed by atoms with Gasteiger partial charge in [-0.05, 0) is 150 Å². The molecule has 0 saturated carbocycles. The topological polar surface area (TPSA) is 431 Å². The molecule has 6 aromatic carbocycles. The van der Waals surface area contributed by atoms with Gasteiger partial charge >= 0.3 is 23.8 Å². The molecule has 44 heteroatoms. The highest BCUT2D eigenvalue weighted by Crippen LogP contribution is 2.42. The van der Waals surface area contributed by atoms with E-state index in [2.05, 4.69) is 44.5 Å². The number of nitrogens with two attached hydrogens (primary N) is 1. The van der Waals surface area contributed by atoms with E-state index in [9.17, 15) is 63.6 Å². The van der Waals surface area contributed by atoms with E-state index in [1.165, 1.54) is 0 Å². The van der Waals surface area contributed by atoms with Crippen LogP contribution in [0, 0.1) is 0 Å². The van der Waals surface area contributed by atoms with E-state index in [-0.39, 0.29) is 173 Å². The first-order valence-corrected chi connectivity index (χ1v) is 48.2. The molecule has 11 rings (SSSR count). The number of fused-ring (bicyclic) bond motifs is 3. The lowest BCUT2D eigenvalue weighted by Gasteiger charge is -2.33. The fraction of sp³-hybridized carbons (Fsp3) is 0.482. The van der Waals surface area contributed by atoms with E-state index in [0.717, 1.165) is 82.8 Å². The van der Waals surface area contributed by atoms with Crippen LogP contribution >= 0.6 is 69.6 Å². The molecule has 6 N–H and O–H groups in total. The Bertz CT molecular complexity index is 4900. The molecule has 5 heterocycles. The Balaban J connectivity index is 0.000000277. The van der Waals surface area contributed by atoms with Crippen LogP contribution in [0.15, 0.2) is 124 Å². The van der Waals surface area contributed by atoms with E-state index in [0.29, 0.717) is 95.9 Å². The molecule has 5 aliphatic heterocycles. The maximum Gasteiger partial charge on any atom is 0.444 e. The molecule has 3 unspecified atom stereocenters. The molecule has 35 nitrogen and oxygen atoms in total. The highest BCUT2D eigenvalue weighted by atomic mass is 35.5. The van der Waals surface area contributed by atoms with Gasteiger partial charge in [0.25, 0.3) is 23.6 Å². The van der Waals surface area contributed by atoms with Crippen LogP contribution in [0.2, 0.25) is 30.1 Å². The number of nitrogens with one attached hydrogen (secondary N) is 4. The standard InChI is InChI=1S/C51H65Cl4N5O12S2.C24H33Cl2N3O5S.C10H8N2O8/c1-59-32-44(42-28-38(52)30-48(54)46(42)34-59)36-4-8-40(9-5-36)73(63,64)27-3-15-67-19-23-71-24-20-68-16-12-56-50(61)51(62)57-13-17-69-21-25-72-26-22-70-18-14-58-74(65,66)41-10-6-37(7-11-41)45-33-60(2)35-47-43(45)29-39(53)31-49(47)55;1-29-16-22(21-14-19(25)15-24(26)23(21)17-29)18-2-4-20(5-3-18)35(30,31)28-7-9-33-11-13-34-12-10-32-8-6-27;13-5-1-2-6(14)11(5)19-9(17)10(18)20-12-7(15)3-4-8(12)16/h4-11,28-31,44-45,58H,3,12-27,32-35H2,1-2H3,(H,56,61)(H,57,62);2-5,14-15,22,28H,6-13,16-17,27H2,1H3;1-4H2. The number of hydroxylamine groups is 4. The SMILES string of the molecule is CN1Cc2c(Cl)cc(Cl)cc2C(c2ccc(S(=O)(=O)CCCOCCOCCOCCNC(=O)C(=O)NCCOCCOCCOCCNS(=O)(=O)c3ccc(C4CN(C)Cc5c(Cl)cc(Cl)cc54)cc3)cc2)C1.CN1Cc2c(Cl)cc(Cl)cc2C(c2ccc(S(=O)(=O)NCCOCCOCCOCCN)cc2)C1.O=C(ON1C(=O)CCC1=O)C(=O)ON1C(=O)CCC1=O. The van der Waals surface area contributed by atoms with Gasteiger partial charge in [0, 0.05) is 152 Å². The van der Waals surface area contributed by atoms with Crippen LogP contribution in [0.5, 0.6) is 0 Å². The first kappa shape index (κ1) is 105. The molecule has 0 radical (unpaired) electrons. The van der Waals surface area contributed by atoms with Gasteiger partial charge < -0.3 is 83.4 Å². The van der Waals surface area contributed by atoms with Crippen LogP contribution in [0.3, 0.4) is 0 Å². The highest BCUT2D eigenvalue weighted by molar-refractivity contribution is 7.91. The van der Waals surface area contributed by atoms with E-state index in [1.807, 2.05) is 75.7 Å². The van der Waals surface area contributed by atoms with Crippen molar-refractivity contribution in [3.05, 3.63) is 189 Å². The Morgan fingerprint density at radius 2 is 0.643 bits per heavy atom. The third-order valence-corrected chi connectivity index (χ3v) is 26.8. The second-order valence-electron chi connectivity index (χ2n) is 30.0. The molecule has 0 bridgehead atoms. The van der Waals surface area contributed by atoms with Crippen molar-refractivity contribution in [2.75, 3.05) is 198 Å². The van der Waals surface area contributed by atoms with Gasteiger partial charge in [0.15, 0.2) is 9.84 Å². The molecule has 0 aromatic heterocycles. The van der Waals surface area contributed by atoms with E-state index in [1.54, 1.807) is 54.6 Å². The number of amides is 6. The third-order valence-electron chi connectivity index (χ3n) is 20.4. The van der Waals surface area contributed by atoms with Crippen LogP contribution in [-0.2, 0) is 140 Å². The van der Waals surface area contributed by atoms with E-state index in [4.69, 9.17) is 118 Å². The first-order chi connectivity index (χ1) is 61.7. The van der Waals surface area contributed by atoms with Crippen molar-refractivity contribution in [2.45, 2.75) is 84.2 Å². The van der Waals surface area contributed by atoms with Gasteiger partial charge in [-0.2, -0.15) is 0 Å². The molecule has 6 amide bonds. The Labute approximate surface area is 779 Å². The number of sulfone groups is 1. The van der Waals surface area contributed by atoms with Crippen LogP contribution < -0.4 is 25.8 Å². The van der Waals surface area contributed by atoms with Crippen molar-refractivity contribution in [1.82, 2.24) is 44.9 Å². The number of halogens is 6. The molecule has 0 aliphatic carbocycles. The zero-order chi connectivity index (χ0) is 93.2. The average molecular weight is 1980 g/mol. The second-order valence-corrected chi connectivity index (χ2v) is 38.2. The van der Waals surface area contributed by atoms with Crippen molar-refractivity contribution in [1.29, 1.82) is 0 Å². The summed E-state index contributed by atoms with van der Waals surface area (Å²) in [5, 5.41) is 8.89. The average Bonchev–Trinajstić information content (AvgIpc) is 0.920. The number of hydrogen-bond acceptors (Lipinski definition) is 29. The largest absolute Gasteiger partial charge is 0.444 e. The molecule has 6 aromatic rings. The summed E-state index contributed by atoms with van der Waals surface area (Å²) in [5.74, 6) is -8.03. The fourth-order valence-electron chi connectivity index (χ4n) is 14.1. The number of likely N-dealkylation sites (N-methyl/N-ethyl adjacent to an activating group) is 3. The van der Waals surface area contributed by atoms with E-state index < -0.39 is 77.3 Å². The molecule has 5 aliphatic rings. The van der Waals surface area contributed by atoms with Crippen molar-refractivity contribution < 1.29 is 116 Å². The summed E-state index contributed by atoms with van der Waals surface area (Å²) >= 11 is 38.3. The number of rotatable bonds is 46. The third kappa shape index (κ3) is 33.0. The van der Waals surface area contributed by atoms with E-state index >= 15 is 0 Å². The summed E-state index contributed by atoms with van der Waals surface area (Å²) in [4.78, 5) is 107. The normalized spacial score (nSPS) is 16.7. The van der Waals surface area contributed by atoms with Crippen LogP contribution in [-0.4, -0.2) is 296 Å². The smallest absolute Gasteiger partial charge is 0.379 e. The summed E-state index contributed by atoms with van der Waals surface area (Å²) in [6.45, 7) is 10.9. The molecule has 2 saturated heterocycles. The van der Waals surface area contributed by atoms with Gasteiger partial charge in [-0.1, -0.05) is 106 Å². The number of sulfonamides is 2. The van der Waals surface area contributed by atoms with Crippen molar-refractivity contribution in [3.8, 4) is 0 Å². The second kappa shape index (κ2) is 52.8. The summed E-state index contributed by atoms with van der Waals surface area (Å²) in [7, 11) is -4.80. The maximum atomic E-state index is 13.0. The molecule has 2 fully saturated rings. The number of nitrogens with zero attached hydrogens (tertiary/aromatic N) is 5. The lowest BCUT2D eigenvalue weighted by atomic mass is 9.85. The lowest BCUT2D eigenvalue weighted by Crippen LogP contribution is -2.42. The summed E-state index contributed by atoms with van der Waals surface area (Å²) in [6.07, 6.45) is -0.205. The quantitative estimate of drug-likeness (QED) is 0.0146. The summed E-state index contributed by atoms with van der Waals surface area (Å²) in [6, 6.07) is 31.9. The summed E-state index contributed by atoms with van der Waals surface area (Å²) in [5.41, 5.74) is 14.6. The molecule has 706 valence electrons. The van der Waals surface area contributed by atoms with Crippen LogP contribution in [0.1, 0.15) is 99.9 Å². The Hall–Kier alpha value is -7.53. The highest BCUT2D eigenvalue weighted by Gasteiger charge is 2.40. The number of benzene rings is 6. The van der Waals surface area contributed by atoms with Gasteiger partial charge in [-0.3, -0.25) is 28.8 Å². The monoisotopic (exact) mass is 1970 g/mol. The van der Waals surface area contributed by atoms with Crippen molar-refractivity contribution in [2.24, 2.45) is 5.73 Å². The minimum Gasteiger partial charge on any atom is -0.379 e. The van der Waals surface area contributed by atoms with Gasteiger partial charge in [-0.15, -0.1) is 10.1 Å². The lowest BCUT2D eigenvalue weighted by molar-refractivity contribution is -0.215. The minimum atomic E-state index is -3.75. The Kier molecular flexibility index (Phi) is 43.0. The van der Waals surface area contributed by atoms with Crippen molar-refractivity contribution >= 4 is 147 Å². The van der Waals surface area contributed by atoms with Gasteiger partial charge in [0.1, 0.15) is 0 Å². The number of carbonyl (C=O) groups excluding carboxylic acids is 8. The molecular weight excluding hydrogens is 1870 g/mol. The maximum absolute atomic E-state index is 13.0. The molecule has 3 atom stereocenters. The minimum absolute atomic E-state index is 0.00224. The van der Waals surface area contributed by atoms with Gasteiger partial charge in [-0.25, -0.2) is 44.3 Å². The number of imide groups is 2. The molecular formula is C85H106Cl6N10O25S3. The zero-order valence-corrected chi connectivity index (χ0v) is 78.4. The predicted octanol–water partition coefficient (Wildman–Crippen LogP) is 6.99. The number of carbonyl (C=O) groups is 8. The predicted molar refractivity (Wildman–Crippen MR) is 477 cm³/mol. The zero-order valence-electron chi connectivity index (χ0n) is 71.4. The molecule has 0 spiro atoms. The molecule has 129 heavy (non-hydrogen) atoms. The van der Waals surface area contributed by atoms with Crippen LogP contribution in [0.25, 0.3) is 0 Å². The van der Waals surface area contributed by atoms with Gasteiger partial charge in [0.2, 0.25) is 20.0 Å². The Morgan fingerprint density at radius 1 is 0.372 bits per heavy atom. The first-order valence-electron chi connectivity index (χ1n) is 41.4. The van der Waals surface area contributed by atoms with Gasteiger partial charge in [0.05, 0.1) is 133 Å². The van der Waals surface area contributed by atoms with Crippen molar-refractivity contribution in [3.63, 3.8) is 0 Å². The van der Waals surface area contributed by atoms with Crippen LogP contribution in [0.4, 0.5) is 0 Å².